The molecule has 0 radical (unpaired) electrons. The topological polar surface area (TPSA) is 115 Å². The van der Waals surface area contributed by atoms with Gasteiger partial charge in [0.2, 0.25) is 5.91 Å². The molecule has 130 valence electrons. The van der Waals surface area contributed by atoms with Crippen molar-refractivity contribution in [3.63, 3.8) is 0 Å². The number of rotatable bonds is 6. The van der Waals surface area contributed by atoms with Crippen LogP contribution < -0.4 is 11.1 Å². The Morgan fingerprint density at radius 2 is 1.76 bits per heavy atom. The van der Waals surface area contributed by atoms with Gasteiger partial charge in [-0.2, -0.15) is 0 Å². The number of nitrogens with one attached hydrogen (secondary N) is 1. The second-order valence-electron chi connectivity index (χ2n) is 5.18. The molecule has 0 fully saturated rings. The van der Waals surface area contributed by atoms with E-state index in [0.717, 1.165) is 12.1 Å². The predicted octanol–water partition coefficient (Wildman–Crippen LogP) is 1.70. The number of benzene rings is 2. The molecule has 0 bridgehead atoms. The lowest BCUT2D eigenvalue weighted by Crippen LogP contribution is -2.45. The second-order valence-corrected chi connectivity index (χ2v) is 5.18. The van der Waals surface area contributed by atoms with Crippen LogP contribution in [0.4, 0.5) is 14.5 Å². The predicted molar refractivity (Wildman–Crippen MR) is 83.6 cm³/mol. The first-order valence-electron chi connectivity index (χ1n) is 7.06. The summed E-state index contributed by atoms with van der Waals surface area (Å²) in [5.74, 6) is -3.94. The Bertz CT molecular complexity index is 825. The van der Waals surface area contributed by atoms with Crippen LogP contribution in [-0.4, -0.2) is 22.8 Å². The number of non-ortho nitro benzene ring substituents is 1. The summed E-state index contributed by atoms with van der Waals surface area (Å²) in [4.78, 5) is 33.6. The van der Waals surface area contributed by atoms with E-state index in [4.69, 9.17) is 5.73 Å². The van der Waals surface area contributed by atoms with E-state index in [9.17, 15) is 28.5 Å². The van der Waals surface area contributed by atoms with E-state index < -0.39 is 34.4 Å². The van der Waals surface area contributed by atoms with Gasteiger partial charge in [-0.25, -0.2) is 8.78 Å². The highest BCUT2D eigenvalue weighted by atomic mass is 19.2. The highest BCUT2D eigenvalue weighted by molar-refractivity contribution is 5.97. The zero-order valence-electron chi connectivity index (χ0n) is 12.7. The number of carbonyl (C=O) groups excluding carboxylic acids is 2. The van der Waals surface area contributed by atoms with E-state index in [1.807, 2.05) is 0 Å². The summed E-state index contributed by atoms with van der Waals surface area (Å²) >= 11 is 0. The van der Waals surface area contributed by atoms with Gasteiger partial charge in [0.05, 0.1) is 4.92 Å². The van der Waals surface area contributed by atoms with Crippen LogP contribution in [0.25, 0.3) is 0 Å². The number of halogens is 2. The smallest absolute Gasteiger partial charge is 0.269 e. The normalized spacial score (nSPS) is 11.6. The fraction of sp³-hybridized carbons (Fsp3) is 0.125. The lowest BCUT2D eigenvalue weighted by Gasteiger charge is -2.15. The van der Waals surface area contributed by atoms with Gasteiger partial charge in [-0.05, 0) is 23.8 Å². The fourth-order valence-corrected chi connectivity index (χ4v) is 2.09. The van der Waals surface area contributed by atoms with Crippen molar-refractivity contribution in [1.82, 2.24) is 5.32 Å². The number of carbonyl (C=O) groups is 2. The van der Waals surface area contributed by atoms with Crippen molar-refractivity contribution in [1.29, 1.82) is 0 Å². The zero-order valence-corrected chi connectivity index (χ0v) is 12.7. The maximum atomic E-state index is 13.2. The van der Waals surface area contributed by atoms with Crippen LogP contribution in [0, 0.1) is 21.7 Å². The van der Waals surface area contributed by atoms with Crippen LogP contribution in [0.15, 0.2) is 42.5 Å². The van der Waals surface area contributed by atoms with Gasteiger partial charge in [0, 0.05) is 24.1 Å². The molecule has 0 aliphatic carbocycles. The minimum Gasteiger partial charge on any atom is -0.368 e. The number of primary amides is 1. The first kappa shape index (κ1) is 18.0. The molecular formula is C16H13F2N3O4. The Balaban J connectivity index is 2.12. The molecule has 0 saturated carbocycles. The van der Waals surface area contributed by atoms with Gasteiger partial charge in [-0.1, -0.05) is 12.1 Å². The summed E-state index contributed by atoms with van der Waals surface area (Å²) in [7, 11) is 0. The average molecular weight is 349 g/mol. The number of nitrogens with zero attached hydrogens (tertiary/aromatic N) is 1. The number of amides is 2. The van der Waals surface area contributed by atoms with E-state index in [2.05, 4.69) is 5.32 Å². The van der Waals surface area contributed by atoms with Crippen LogP contribution in [0.1, 0.15) is 15.9 Å². The highest BCUT2D eigenvalue weighted by Gasteiger charge is 2.20. The zero-order chi connectivity index (χ0) is 18.6. The lowest BCUT2D eigenvalue weighted by atomic mass is 10.0. The van der Waals surface area contributed by atoms with Crippen LogP contribution in [0.5, 0.6) is 0 Å². The van der Waals surface area contributed by atoms with E-state index in [1.54, 1.807) is 0 Å². The monoisotopic (exact) mass is 349 g/mol. The fourth-order valence-electron chi connectivity index (χ4n) is 2.09. The van der Waals surface area contributed by atoms with Gasteiger partial charge < -0.3 is 11.1 Å². The standard InChI is InChI=1S/C16H13F2N3O4/c17-12-6-3-10(8-13(12)18)16(23)20-14(15(19)22)7-9-1-4-11(5-2-9)21(24)25/h1-6,8,14H,7H2,(H2,19,22)(H,20,23)/t14-/m0/s1. The Kier molecular flexibility index (Phi) is 5.38. The van der Waals surface area contributed by atoms with Gasteiger partial charge in [0.15, 0.2) is 11.6 Å². The van der Waals surface area contributed by atoms with Crippen molar-refractivity contribution >= 4 is 17.5 Å². The third kappa shape index (κ3) is 4.56. The van der Waals surface area contributed by atoms with Crippen molar-refractivity contribution in [2.45, 2.75) is 12.5 Å². The second kappa shape index (κ2) is 7.47. The van der Waals surface area contributed by atoms with Crippen molar-refractivity contribution in [3.8, 4) is 0 Å². The molecule has 2 amide bonds. The molecule has 2 aromatic rings. The van der Waals surface area contributed by atoms with Crippen molar-refractivity contribution in [2.75, 3.05) is 0 Å². The largest absolute Gasteiger partial charge is 0.368 e. The van der Waals surface area contributed by atoms with Crippen molar-refractivity contribution in [3.05, 3.63) is 75.3 Å². The summed E-state index contributed by atoms with van der Waals surface area (Å²) in [5.41, 5.74) is 5.48. The molecule has 0 aliphatic rings. The summed E-state index contributed by atoms with van der Waals surface area (Å²) < 4.78 is 26.1. The molecule has 0 heterocycles. The number of hydrogen-bond donors (Lipinski definition) is 2. The Morgan fingerprint density at radius 1 is 1.12 bits per heavy atom. The molecule has 2 aromatic carbocycles. The minimum absolute atomic E-state index is 0.0112. The number of nitro groups is 1. The first-order valence-corrected chi connectivity index (χ1v) is 7.06. The van der Waals surface area contributed by atoms with Gasteiger partial charge in [-0.15, -0.1) is 0 Å². The summed E-state index contributed by atoms with van der Waals surface area (Å²) in [6.07, 6.45) is -0.0112. The van der Waals surface area contributed by atoms with Crippen LogP contribution in [0.2, 0.25) is 0 Å². The van der Waals surface area contributed by atoms with E-state index in [-0.39, 0.29) is 17.7 Å². The van der Waals surface area contributed by atoms with Crippen LogP contribution in [0.3, 0.4) is 0 Å². The van der Waals surface area contributed by atoms with Gasteiger partial charge >= 0.3 is 0 Å². The summed E-state index contributed by atoms with van der Waals surface area (Å²) in [5, 5.41) is 12.9. The maximum absolute atomic E-state index is 13.2. The van der Waals surface area contributed by atoms with E-state index in [1.165, 1.54) is 24.3 Å². The third-order valence-corrected chi connectivity index (χ3v) is 3.42. The average Bonchev–Trinajstić information content (AvgIpc) is 2.57. The molecule has 0 aliphatic heterocycles. The SMILES string of the molecule is NC(=O)[C@H](Cc1ccc([N+](=O)[O-])cc1)NC(=O)c1ccc(F)c(F)c1. The van der Waals surface area contributed by atoms with E-state index in [0.29, 0.717) is 11.6 Å². The molecule has 3 N–H and O–H groups in total. The Hall–Kier alpha value is -3.36. The highest BCUT2D eigenvalue weighted by Crippen LogP contribution is 2.14. The van der Waals surface area contributed by atoms with Gasteiger partial charge in [-0.3, -0.25) is 19.7 Å². The quantitative estimate of drug-likeness (QED) is 0.610. The molecule has 2 rings (SSSR count). The van der Waals surface area contributed by atoms with Gasteiger partial charge in [0.25, 0.3) is 11.6 Å². The molecule has 1 atom stereocenters. The Labute approximate surface area is 140 Å². The van der Waals surface area contributed by atoms with Crippen LogP contribution >= 0.6 is 0 Å². The van der Waals surface area contributed by atoms with Crippen molar-refractivity contribution in [2.24, 2.45) is 5.73 Å². The van der Waals surface area contributed by atoms with Crippen molar-refractivity contribution < 1.29 is 23.3 Å². The summed E-state index contributed by atoms with van der Waals surface area (Å²) in [6, 6.07) is 6.80. The molecule has 0 spiro atoms. The maximum Gasteiger partial charge on any atom is 0.269 e. The molecule has 0 aromatic heterocycles. The lowest BCUT2D eigenvalue weighted by molar-refractivity contribution is -0.384. The number of nitrogens with two attached hydrogens (primary N) is 1. The Morgan fingerprint density at radius 3 is 2.28 bits per heavy atom. The summed E-state index contributed by atoms with van der Waals surface area (Å²) in [6.45, 7) is 0. The van der Waals surface area contributed by atoms with E-state index >= 15 is 0 Å². The molecule has 7 nitrogen and oxygen atoms in total. The molecule has 9 heteroatoms. The molecule has 25 heavy (non-hydrogen) atoms. The van der Waals surface area contributed by atoms with Crippen LogP contribution in [-0.2, 0) is 11.2 Å². The number of nitro benzene ring substituents is 1. The molecular weight excluding hydrogens is 336 g/mol. The first-order chi connectivity index (χ1) is 11.8. The minimum atomic E-state index is -1.20. The van der Waals surface area contributed by atoms with Gasteiger partial charge in [0.1, 0.15) is 6.04 Å². The molecule has 0 unspecified atom stereocenters. The third-order valence-electron chi connectivity index (χ3n) is 3.42. The number of hydrogen-bond acceptors (Lipinski definition) is 4. The molecule has 0 saturated heterocycles.